The average molecular weight is 358 g/mol. The average Bonchev–Trinajstić information content (AvgIpc) is 3.33. The molecule has 26 heavy (non-hydrogen) atoms. The van der Waals surface area contributed by atoms with Gasteiger partial charge in [-0.3, -0.25) is 9.89 Å². The molecular formula is C19H26N4O3. The van der Waals surface area contributed by atoms with Gasteiger partial charge in [0.2, 0.25) is 0 Å². The predicted octanol–water partition coefficient (Wildman–Crippen LogP) is 2.65. The van der Waals surface area contributed by atoms with Crippen LogP contribution in [0.1, 0.15) is 42.4 Å². The number of aromatic amines is 1. The number of amides is 1. The molecule has 7 nitrogen and oxygen atoms in total. The number of nitrogens with one attached hydrogen (secondary N) is 1. The molecule has 1 aliphatic rings. The van der Waals surface area contributed by atoms with Crippen molar-refractivity contribution >= 4 is 5.91 Å². The maximum atomic E-state index is 12.9. The van der Waals surface area contributed by atoms with E-state index in [0.717, 1.165) is 38.0 Å². The van der Waals surface area contributed by atoms with Gasteiger partial charge in [0.25, 0.3) is 5.91 Å². The number of nitrogens with zero attached hydrogens (tertiary/aromatic N) is 3. The monoisotopic (exact) mass is 358 g/mol. The van der Waals surface area contributed by atoms with E-state index < -0.39 is 0 Å². The molecule has 1 N–H and O–H groups in total. The number of carbonyl (C=O) groups excluding carboxylic acids is 1. The third-order valence-electron chi connectivity index (χ3n) is 4.43. The van der Waals surface area contributed by atoms with Gasteiger partial charge in [-0.05, 0) is 31.4 Å². The molecule has 0 saturated carbocycles. The molecule has 0 spiro atoms. The van der Waals surface area contributed by atoms with E-state index in [9.17, 15) is 4.79 Å². The normalized spacial score (nSPS) is 16.8. The molecule has 1 saturated heterocycles. The molecule has 2 heterocycles. The highest BCUT2D eigenvalue weighted by Gasteiger charge is 2.23. The Balaban J connectivity index is 1.69. The fourth-order valence-electron chi connectivity index (χ4n) is 3.15. The minimum absolute atomic E-state index is 0.0453. The summed E-state index contributed by atoms with van der Waals surface area (Å²) in [5.41, 5.74) is 1.54. The Kier molecular flexibility index (Phi) is 6.35. The molecule has 2 aromatic rings. The number of methoxy groups -OCH3 is 1. The summed E-state index contributed by atoms with van der Waals surface area (Å²) in [7, 11) is 1.61. The predicted molar refractivity (Wildman–Crippen MR) is 97.7 cm³/mol. The second-order valence-corrected chi connectivity index (χ2v) is 6.50. The van der Waals surface area contributed by atoms with E-state index in [1.807, 2.05) is 29.2 Å². The zero-order valence-electron chi connectivity index (χ0n) is 15.4. The molecule has 0 radical (unpaired) electrons. The molecule has 140 valence electrons. The van der Waals surface area contributed by atoms with Gasteiger partial charge >= 0.3 is 0 Å². The summed E-state index contributed by atoms with van der Waals surface area (Å²) in [6.45, 7) is 4.67. The Morgan fingerprint density at radius 2 is 2.19 bits per heavy atom. The molecule has 1 aromatic heterocycles. The van der Waals surface area contributed by atoms with E-state index in [0.29, 0.717) is 30.4 Å². The Bertz CT molecular complexity index is 708. The van der Waals surface area contributed by atoms with Crippen molar-refractivity contribution < 1.29 is 14.3 Å². The van der Waals surface area contributed by atoms with Crippen LogP contribution < -0.4 is 0 Å². The first-order chi connectivity index (χ1) is 12.7. The van der Waals surface area contributed by atoms with Crippen LogP contribution in [0.3, 0.4) is 0 Å². The van der Waals surface area contributed by atoms with Gasteiger partial charge < -0.3 is 14.4 Å². The standard InChI is InChI=1S/C19H26N4O3/c1-3-10-23(12-16-5-4-11-26-16)19(24)15-8-6-14(7-9-15)18-20-17(13-25-2)21-22-18/h6-9,16H,3-5,10-13H2,1-2H3,(H,20,21,22)/t16-/m0/s1. The quantitative estimate of drug-likeness (QED) is 0.785. The highest BCUT2D eigenvalue weighted by Crippen LogP contribution is 2.19. The summed E-state index contributed by atoms with van der Waals surface area (Å²) in [5, 5.41) is 7.03. The van der Waals surface area contributed by atoms with Gasteiger partial charge in [-0.1, -0.05) is 19.1 Å². The van der Waals surface area contributed by atoms with Gasteiger partial charge in [0, 0.05) is 37.9 Å². The van der Waals surface area contributed by atoms with Gasteiger partial charge in [-0.25, -0.2) is 4.98 Å². The van der Waals surface area contributed by atoms with Gasteiger partial charge in [0.05, 0.1) is 6.10 Å². The summed E-state index contributed by atoms with van der Waals surface area (Å²) < 4.78 is 10.7. The first kappa shape index (κ1) is 18.5. The number of hydrogen-bond acceptors (Lipinski definition) is 5. The number of H-pyrrole nitrogens is 1. The van der Waals surface area contributed by atoms with E-state index in [1.54, 1.807) is 7.11 Å². The third kappa shape index (κ3) is 4.47. The molecular weight excluding hydrogens is 332 g/mol. The third-order valence-corrected chi connectivity index (χ3v) is 4.43. The Labute approximate surface area is 153 Å². The lowest BCUT2D eigenvalue weighted by Gasteiger charge is -2.25. The molecule has 1 atom stereocenters. The first-order valence-corrected chi connectivity index (χ1v) is 9.12. The molecule has 0 bridgehead atoms. The van der Waals surface area contributed by atoms with Crippen LogP contribution in [0.4, 0.5) is 0 Å². The molecule has 7 heteroatoms. The molecule has 0 aliphatic carbocycles. The zero-order chi connectivity index (χ0) is 18.4. The molecule has 1 aliphatic heterocycles. The topological polar surface area (TPSA) is 80.3 Å². The molecule has 0 unspecified atom stereocenters. The number of aromatic nitrogens is 3. The highest BCUT2D eigenvalue weighted by atomic mass is 16.5. The summed E-state index contributed by atoms with van der Waals surface area (Å²) >= 11 is 0. The first-order valence-electron chi connectivity index (χ1n) is 9.12. The van der Waals surface area contributed by atoms with Crippen LogP contribution in [0.2, 0.25) is 0 Å². The number of ether oxygens (including phenoxy) is 2. The van der Waals surface area contributed by atoms with Gasteiger partial charge in [0.1, 0.15) is 6.61 Å². The van der Waals surface area contributed by atoms with Crippen LogP contribution in [0.15, 0.2) is 24.3 Å². The molecule has 3 rings (SSSR count). The van der Waals surface area contributed by atoms with Crippen LogP contribution in [-0.2, 0) is 16.1 Å². The maximum absolute atomic E-state index is 12.9. The molecule has 1 fully saturated rings. The number of benzene rings is 1. The van der Waals surface area contributed by atoms with Crippen LogP contribution in [-0.4, -0.2) is 58.9 Å². The molecule has 1 amide bonds. The van der Waals surface area contributed by atoms with Crippen molar-refractivity contribution in [3.63, 3.8) is 0 Å². The fraction of sp³-hybridized carbons (Fsp3) is 0.526. The Hall–Kier alpha value is -2.25. The van der Waals surface area contributed by atoms with Gasteiger partial charge in [-0.15, -0.1) is 0 Å². The van der Waals surface area contributed by atoms with E-state index in [-0.39, 0.29) is 12.0 Å². The number of rotatable bonds is 8. The van der Waals surface area contributed by atoms with Crippen molar-refractivity contribution in [2.75, 3.05) is 26.8 Å². The van der Waals surface area contributed by atoms with Crippen LogP contribution >= 0.6 is 0 Å². The summed E-state index contributed by atoms with van der Waals surface area (Å²) in [6, 6.07) is 7.43. The van der Waals surface area contributed by atoms with Crippen molar-refractivity contribution in [3.05, 3.63) is 35.7 Å². The van der Waals surface area contributed by atoms with Crippen molar-refractivity contribution in [3.8, 4) is 11.4 Å². The van der Waals surface area contributed by atoms with Gasteiger partial charge in [0.15, 0.2) is 11.6 Å². The Morgan fingerprint density at radius 3 is 2.85 bits per heavy atom. The van der Waals surface area contributed by atoms with Gasteiger partial charge in [-0.2, -0.15) is 5.10 Å². The van der Waals surface area contributed by atoms with Crippen LogP contribution in [0, 0.1) is 0 Å². The van der Waals surface area contributed by atoms with E-state index in [2.05, 4.69) is 22.1 Å². The SMILES string of the molecule is CCCN(C[C@@H]1CCCO1)C(=O)c1ccc(-c2n[nH]c(COC)n2)cc1. The van der Waals surface area contributed by atoms with E-state index in [4.69, 9.17) is 9.47 Å². The lowest BCUT2D eigenvalue weighted by atomic mass is 10.1. The second kappa shape index (κ2) is 8.91. The number of carbonyl (C=O) groups is 1. The van der Waals surface area contributed by atoms with Crippen molar-refractivity contribution in [2.45, 2.75) is 38.9 Å². The van der Waals surface area contributed by atoms with Crippen molar-refractivity contribution in [1.29, 1.82) is 0 Å². The summed E-state index contributed by atoms with van der Waals surface area (Å²) in [5.74, 6) is 1.32. The zero-order valence-corrected chi connectivity index (χ0v) is 15.4. The van der Waals surface area contributed by atoms with E-state index in [1.165, 1.54) is 0 Å². The largest absolute Gasteiger partial charge is 0.377 e. The van der Waals surface area contributed by atoms with Crippen molar-refractivity contribution in [1.82, 2.24) is 20.1 Å². The fourth-order valence-corrected chi connectivity index (χ4v) is 3.15. The lowest BCUT2D eigenvalue weighted by molar-refractivity contribution is 0.0526. The summed E-state index contributed by atoms with van der Waals surface area (Å²) in [4.78, 5) is 19.1. The highest BCUT2D eigenvalue weighted by molar-refractivity contribution is 5.94. The Morgan fingerprint density at radius 1 is 1.38 bits per heavy atom. The summed E-state index contributed by atoms with van der Waals surface area (Å²) in [6.07, 6.45) is 3.20. The minimum atomic E-state index is 0.0453. The van der Waals surface area contributed by atoms with Crippen molar-refractivity contribution in [2.24, 2.45) is 0 Å². The maximum Gasteiger partial charge on any atom is 0.253 e. The second-order valence-electron chi connectivity index (χ2n) is 6.50. The minimum Gasteiger partial charge on any atom is -0.377 e. The van der Waals surface area contributed by atoms with Crippen LogP contribution in [0.5, 0.6) is 0 Å². The lowest BCUT2D eigenvalue weighted by Crippen LogP contribution is -2.37. The molecule has 1 aromatic carbocycles. The van der Waals surface area contributed by atoms with Crippen LogP contribution in [0.25, 0.3) is 11.4 Å². The number of hydrogen-bond donors (Lipinski definition) is 1. The van der Waals surface area contributed by atoms with E-state index >= 15 is 0 Å². The smallest absolute Gasteiger partial charge is 0.253 e.